The molecule has 0 heterocycles. The van der Waals surface area contributed by atoms with Gasteiger partial charge in [0, 0.05) is 11.4 Å². The average Bonchev–Trinajstić information content (AvgIpc) is 2.39. The number of rotatable bonds is 5. The minimum Gasteiger partial charge on any atom is -0.325 e. The molecule has 0 aliphatic heterocycles. The molecule has 2 aromatic rings. The van der Waals surface area contributed by atoms with Gasteiger partial charge in [0.05, 0.1) is 0 Å². The van der Waals surface area contributed by atoms with Crippen LogP contribution in [0.4, 0.5) is 11.4 Å². The van der Waals surface area contributed by atoms with E-state index in [4.69, 9.17) is 0 Å². The van der Waals surface area contributed by atoms with Crippen molar-refractivity contribution in [2.45, 2.75) is 6.92 Å². The van der Waals surface area contributed by atoms with E-state index < -0.39 is 11.0 Å². The fourth-order valence-electron chi connectivity index (χ4n) is 1.71. The summed E-state index contributed by atoms with van der Waals surface area (Å²) in [6.07, 6.45) is 0. The van der Waals surface area contributed by atoms with Crippen LogP contribution < -0.4 is 10.0 Å². The molecule has 1 atom stereocenters. The van der Waals surface area contributed by atoms with Gasteiger partial charge in [0.15, 0.2) is 0 Å². The number of para-hydroxylation sites is 1. The highest BCUT2D eigenvalue weighted by atomic mass is 32.2. The van der Waals surface area contributed by atoms with Crippen LogP contribution in [0.2, 0.25) is 0 Å². The summed E-state index contributed by atoms with van der Waals surface area (Å²) < 4.78 is 14.6. The van der Waals surface area contributed by atoms with E-state index >= 15 is 0 Å². The third-order valence-corrected chi connectivity index (χ3v) is 3.56. The van der Waals surface area contributed by atoms with Gasteiger partial charge in [-0.3, -0.25) is 4.79 Å². The number of anilines is 2. The molecule has 0 radical (unpaired) electrons. The maximum atomic E-state index is 11.8. The molecule has 2 rings (SSSR count). The van der Waals surface area contributed by atoms with E-state index in [1.165, 1.54) is 0 Å². The van der Waals surface area contributed by atoms with Crippen LogP contribution in [-0.4, -0.2) is 15.9 Å². The molecular weight excluding hydrogens is 272 g/mol. The monoisotopic (exact) mass is 288 g/mol. The lowest BCUT2D eigenvalue weighted by Gasteiger charge is -2.07. The first-order valence-corrected chi connectivity index (χ1v) is 7.52. The Balaban J connectivity index is 1.87. The molecule has 0 bridgehead atoms. The van der Waals surface area contributed by atoms with Gasteiger partial charge in [-0.15, -0.1) is 0 Å². The number of carbonyl (C=O) groups excluding carboxylic acids is 1. The second-order valence-corrected chi connectivity index (χ2v) is 5.56. The van der Waals surface area contributed by atoms with Crippen LogP contribution in [-0.2, 0) is 15.8 Å². The number of benzene rings is 2. The first kappa shape index (κ1) is 14.3. The summed E-state index contributed by atoms with van der Waals surface area (Å²) in [5.41, 5.74) is 2.51. The van der Waals surface area contributed by atoms with Crippen molar-refractivity contribution in [3.05, 3.63) is 60.2 Å². The molecule has 0 aromatic heterocycles. The number of amides is 1. The second kappa shape index (κ2) is 6.86. The third-order valence-electron chi connectivity index (χ3n) is 2.57. The summed E-state index contributed by atoms with van der Waals surface area (Å²) in [7, 11) is -1.44. The van der Waals surface area contributed by atoms with E-state index in [0.29, 0.717) is 5.69 Å². The molecule has 0 aliphatic carbocycles. The lowest BCUT2D eigenvalue weighted by atomic mass is 10.2. The quantitative estimate of drug-likeness (QED) is 0.888. The molecule has 0 saturated carbocycles. The molecule has 0 aliphatic rings. The standard InChI is InChI=1S/C15H16N2O2S/c1-12-6-5-9-14(10-12)16-15(18)11-20(19)17-13-7-3-2-4-8-13/h2-10,17H,11H2,1H3,(H,16,18). The van der Waals surface area contributed by atoms with Crippen molar-refractivity contribution in [3.63, 3.8) is 0 Å². The van der Waals surface area contributed by atoms with Crippen LogP contribution in [0.15, 0.2) is 54.6 Å². The van der Waals surface area contributed by atoms with Gasteiger partial charge in [-0.25, -0.2) is 4.21 Å². The Morgan fingerprint density at radius 1 is 1.05 bits per heavy atom. The van der Waals surface area contributed by atoms with Crippen LogP contribution in [0.3, 0.4) is 0 Å². The highest BCUT2D eigenvalue weighted by Gasteiger charge is 2.08. The van der Waals surface area contributed by atoms with Crippen molar-refractivity contribution in [2.24, 2.45) is 0 Å². The van der Waals surface area contributed by atoms with Crippen molar-refractivity contribution in [1.29, 1.82) is 0 Å². The van der Waals surface area contributed by atoms with Crippen LogP contribution in [0, 0.1) is 6.92 Å². The molecule has 1 amide bonds. The smallest absolute Gasteiger partial charge is 0.238 e. The number of hydrogen-bond donors (Lipinski definition) is 2. The Hall–Kier alpha value is -2.14. The van der Waals surface area contributed by atoms with E-state index in [2.05, 4.69) is 10.0 Å². The van der Waals surface area contributed by atoms with E-state index in [0.717, 1.165) is 11.3 Å². The Bertz CT molecular complexity index is 614. The van der Waals surface area contributed by atoms with Gasteiger partial charge >= 0.3 is 0 Å². The predicted octanol–water partition coefficient (Wildman–Crippen LogP) is 2.71. The van der Waals surface area contributed by atoms with E-state index in [9.17, 15) is 9.00 Å². The molecule has 2 N–H and O–H groups in total. The number of carbonyl (C=O) groups is 1. The Labute approximate surface area is 120 Å². The van der Waals surface area contributed by atoms with Crippen molar-refractivity contribution in [1.82, 2.24) is 0 Å². The summed E-state index contributed by atoms with van der Waals surface area (Å²) in [6, 6.07) is 16.6. The molecule has 1 unspecified atom stereocenters. The summed E-state index contributed by atoms with van der Waals surface area (Å²) in [5, 5.41) is 2.73. The normalized spacial score (nSPS) is 11.7. The summed E-state index contributed by atoms with van der Waals surface area (Å²) >= 11 is 0. The Morgan fingerprint density at radius 3 is 2.45 bits per heavy atom. The van der Waals surface area contributed by atoms with Crippen LogP contribution in [0.1, 0.15) is 5.56 Å². The minimum absolute atomic E-state index is 0.0944. The molecule has 0 fully saturated rings. The average molecular weight is 288 g/mol. The van der Waals surface area contributed by atoms with Gasteiger partial charge in [0.1, 0.15) is 16.7 Å². The molecule has 0 spiro atoms. The minimum atomic E-state index is -1.44. The Morgan fingerprint density at radius 2 is 1.75 bits per heavy atom. The van der Waals surface area contributed by atoms with Gasteiger partial charge in [0.2, 0.25) is 5.91 Å². The third kappa shape index (κ3) is 4.51. The maximum absolute atomic E-state index is 11.8. The van der Waals surface area contributed by atoms with Crippen LogP contribution >= 0.6 is 0 Å². The highest BCUT2D eigenvalue weighted by molar-refractivity contribution is 7.87. The van der Waals surface area contributed by atoms with Gasteiger partial charge in [-0.2, -0.15) is 0 Å². The van der Waals surface area contributed by atoms with Crippen molar-refractivity contribution < 1.29 is 9.00 Å². The zero-order valence-corrected chi connectivity index (χ0v) is 11.9. The van der Waals surface area contributed by atoms with E-state index in [1.807, 2.05) is 43.3 Å². The van der Waals surface area contributed by atoms with Crippen LogP contribution in [0.5, 0.6) is 0 Å². The molecule has 4 nitrogen and oxygen atoms in total. The lowest BCUT2D eigenvalue weighted by Crippen LogP contribution is -2.22. The van der Waals surface area contributed by atoms with E-state index in [-0.39, 0.29) is 11.7 Å². The molecule has 20 heavy (non-hydrogen) atoms. The molecule has 0 saturated heterocycles. The van der Waals surface area contributed by atoms with Gasteiger partial charge in [-0.05, 0) is 36.8 Å². The van der Waals surface area contributed by atoms with Crippen molar-refractivity contribution in [3.8, 4) is 0 Å². The first-order valence-electron chi connectivity index (χ1n) is 6.20. The topological polar surface area (TPSA) is 58.2 Å². The van der Waals surface area contributed by atoms with Gasteiger partial charge in [-0.1, -0.05) is 30.3 Å². The predicted molar refractivity (Wildman–Crippen MR) is 82.9 cm³/mol. The lowest BCUT2D eigenvalue weighted by molar-refractivity contribution is -0.113. The molecular formula is C15H16N2O2S. The Kier molecular flexibility index (Phi) is 4.90. The summed E-state index contributed by atoms with van der Waals surface area (Å²) in [5.74, 6) is -0.375. The fraction of sp³-hybridized carbons (Fsp3) is 0.133. The summed E-state index contributed by atoms with van der Waals surface area (Å²) in [6.45, 7) is 1.95. The van der Waals surface area contributed by atoms with Crippen molar-refractivity contribution >= 4 is 28.3 Å². The number of nitrogens with one attached hydrogen (secondary N) is 2. The SMILES string of the molecule is Cc1cccc(NC(=O)CS(=O)Nc2ccccc2)c1. The zero-order chi connectivity index (χ0) is 14.4. The fourth-order valence-corrected chi connectivity index (χ4v) is 2.49. The van der Waals surface area contributed by atoms with Gasteiger partial charge in [0.25, 0.3) is 0 Å². The summed E-state index contributed by atoms with van der Waals surface area (Å²) in [4.78, 5) is 11.8. The molecule has 104 valence electrons. The van der Waals surface area contributed by atoms with E-state index in [1.54, 1.807) is 18.2 Å². The van der Waals surface area contributed by atoms with Crippen molar-refractivity contribution in [2.75, 3.05) is 15.8 Å². The molecule has 5 heteroatoms. The number of aryl methyl sites for hydroxylation is 1. The van der Waals surface area contributed by atoms with Gasteiger partial charge < -0.3 is 10.0 Å². The number of hydrogen-bond acceptors (Lipinski definition) is 2. The second-order valence-electron chi connectivity index (χ2n) is 4.38. The van der Waals surface area contributed by atoms with Crippen LogP contribution in [0.25, 0.3) is 0 Å². The first-order chi connectivity index (χ1) is 9.63. The highest BCUT2D eigenvalue weighted by Crippen LogP contribution is 2.10. The maximum Gasteiger partial charge on any atom is 0.238 e. The largest absolute Gasteiger partial charge is 0.325 e. The molecule has 2 aromatic carbocycles. The zero-order valence-electron chi connectivity index (χ0n) is 11.1.